The molecule has 1 amide bonds. The summed E-state index contributed by atoms with van der Waals surface area (Å²) in [5.41, 5.74) is 1.84. The number of nitrogens with one attached hydrogen (secondary N) is 1. The van der Waals surface area contributed by atoms with Gasteiger partial charge in [-0.05, 0) is 56.7 Å². The standard InChI is InChI=1S/C20H24N2O4/c1-12-2-5-17-14(6-12)7-18(26-17)20(25)21-15-8-16(9-15)22(11-19(23)24)10-13-3-4-13/h2,5-7,13,15-16H,3-4,8-11H2,1H3,(H,21,25)(H,23,24). The number of hydrogen-bond donors (Lipinski definition) is 2. The van der Waals surface area contributed by atoms with Crippen LogP contribution < -0.4 is 5.32 Å². The second-order valence-electron chi connectivity index (χ2n) is 7.71. The fourth-order valence-corrected chi connectivity index (χ4v) is 3.68. The molecule has 1 aromatic heterocycles. The third kappa shape index (κ3) is 3.75. The molecular formula is C20H24N2O4. The summed E-state index contributed by atoms with van der Waals surface area (Å²) in [7, 11) is 0. The Kier molecular flexibility index (Phi) is 4.44. The lowest BCUT2D eigenvalue weighted by atomic mass is 9.85. The Hall–Kier alpha value is -2.34. The Morgan fingerprint density at radius 1 is 1.27 bits per heavy atom. The fourth-order valence-electron chi connectivity index (χ4n) is 3.68. The minimum atomic E-state index is -0.782. The molecule has 2 aliphatic carbocycles. The van der Waals surface area contributed by atoms with Crippen LogP contribution in [0.25, 0.3) is 11.0 Å². The molecule has 6 nitrogen and oxygen atoms in total. The van der Waals surface area contributed by atoms with Gasteiger partial charge in [-0.3, -0.25) is 14.5 Å². The highest BCUT2D eigenvalue weighted by Crippen LogP contribution is 2.34. The third-order valence-corrected chi connectivity index (χ3v) is 5.39. The average molecular weight is 356 g/mol. The maximum Gasteiger partial charge on any atom is 0.317 e. The monoisotopic (exact) mass is 356 g/mol. The number of rotatable bonds is 7. The summed E-state index contributed by atoms with van der Waals surface area (Å²) in [6, 6.07) is 7.94. The number of carboxylic acids is 1. The van der Waals surface area contributed by atoms with Gasteiger partial charge < -0.3 is 14.8 Å². The Bertz CT molecular complexity index is 833. The quantitative estimate of drug-likeness (QED) is 0.797. The van der Waals surface area contributed by atoms with Crippen LogP contribution in [0.4, 0.5) is 0 Å². The van der Waals surface area contributed by atoms with Crippen molar-refractivity contribution >= 4 is 22.8 Å². The van der Waals surface area contributed by atoms with E-state index in [9.17, 15) is 9.59 Å². The molecule has 1 aromatic carbocycles. The summed E-state index contributed by atoms with van der Waals surface area (Å²) in [5, 5.41) is 13.0. The lowest BCUT2D eigenvalue weighted by Gasteiger charge is -2.42. The average Bonchev–Trinajstić information content (AvgIpc) is 3.25. The number of fused-ring (bicyclic) bond motifs is 1. The van der Waals surface area contributed by atoms with Gasteiger partial charge in [0, 0.05) is 24.0 Å². The van der Waals surface area contributed by atoms with Crippen molar-refractivity contribution in [1.29, 1.82) is 0 Å². The smallest absolute Gasteiger partial charge is 0.317 e. The predicted molar refractivity (Wildman–Crippen MR) is 97.2 cm³/mol. The van der Waals surface area contributed by atoms with E-state index in [0.29, 0.717) is 17.3 Å². The second kappa shape index (κ2) is 6.76. The molecule has 0 unspecified atom stereocenters. The Balaban J connectivity index is 1.33. The zero-order chi connectivity index (χ0) is 18.3. The zero-order valence-corrected chi connectivity index (χ0v) is 14.9. The van der Waals surface area contributed by atoms with E-state index < -0.39 is 5.97 Å². The van der Waals surface area contributed by atoms with E-state index in [0.717, 1.165) is 30.3 Å². The maximum atomic E-state index is 12.4. The van der Waals surface area contributed by atoms with Crippen LogP contribution in [0.1, 0.15) is 41.8 Å². The Morgan fingerprint density at radius 3 is 2.73 bits per heavy atom. The lowest BCUT2D eigenvalue weighted by Crippen LogP contribution is -2.55. The van der Waals surface area contributed by atoms with Crippen molar-refractivity contribution in [3.05, 3.63) is 35.6 Å². The molecular weight excluding hydrogens is 332 g/mol. The molecule has 2 aliphatic rings. The number of furan rings is 1. The Morgan fingerprint density at radius 2 is 2.04 bits per heavy atom. The lowest BCUT2D eigenvalue weighted by molar-refractivity contribution is -0.139. The molecule has 2 saturated carbocycles. The van der Waals surface area contributed by atoms with Gasteiger partial charge in [-0.2, -0.15) is 0 Å². The van der Waals surface area contributed by atoms with Gasteiger partial charge >= 0.3 is 5.97 Å². The number of aliphatic carboxylic acids is 1. The molecule has 0 atom stereocenters. The zero-order valence-electron chi connectivity index (χ0n) is 14.9. The number of carbonyl (C=O) groups is 2. The SMILES string of the molecule is Cc1ccc2oc(C(=O)NC3CC(N(CC(=O)O)CC4CC4)C3)cc2c1. The van der Waals surface area contributed by atoms with E-state index in [-0.39, 0.29) is 24.5 Å². The highest BCUT2D eigenvalue weighted by atomic mass is 16.4. The Labute approximate surface area is 152 Å². The van der Waals surface area contributed by atoms with Crippen molar-refractivity contribution < 1.29 is 19.1 Å². The van der Waals surface area contributed by atoms with Gasteiger partial charge in [0.05, 0.1) is 6.54 Å². The minimum absolute atomic E-state index is 0.0814. The van der Waals surface area contributed by atoms with Gasteiger partial charge in [0.25, 0.3) is 5.91 Å². The normalized spacial score (nSPS) is 22.4. The summed E-state index contributed by atoms with van der Waals surface area (Å²) in [6.07, 6.45) is 4.00. The van der Waals surface area contributed by atoms with Gasteiger partial charge in [-0.25, -0.2) is 0 Å². The molecule has 4 rings (SSSR count). The highest BCUT2D eigenvalue weighted by molar-refractivity contribution is 5.96. The molecule has 138 valence electrons. The van der Waals surface area contributed by atoms with E-state index in [4.69, 9.17) is 9.52 Å². The molecule has 6 heteroatoms. The van der Waals surface area contributed by atoms with Crippen LogP contribution in [0.15, 0.2) is 28.7 Å². The van der Waals surface area contributed by atoms with Crippen molar-refractivity contribution in [2.24, 2.45) is 5.92 Å². The summed E-state index contributed by atoms with van der Waals surface area (Å²) in [6.45, 7) is 2.95. The van der Waals surface area contributed by atoms with Crippen molar-refractivity contribution in [1.82, 2.24) is 10.2 Å². The third-order valence-electron chi connectivity index (χ3n) is 5.39. The van der Waals surface area contributed by atoms with Gasteiger partial charge in [0.2, 0.25) is 0 Å². The number of nitrogens with zero attached hydrogens (tertiary/aromatic N) is 1. The first-order valence-corrected chi connectivity index (χ1v) is 9.25. The molecule has 0 aliphatic heterocycles. The van der Waals surface area contributed by atoms with Gasteiger partial charge in [0.1, 0.15) is 5.58 Å². The van der Waals surface area contributed by atoms with Gasteiger partial charge in [-0.15, -0.1) is 0 Å². The number of amides is 1. The maximum absolute atomic E-state index is 12.4. The van der Waals surface area contributed by atoms with E-state index in [1.54, 1.807) is 6.07 Å². The summed E-state index contributed by atoms with van der Waals surface area (Å²) >= 11 is 0. The fraction of sp³-hybridized carbons (Fsp3) is 0.500. The molecule has 2 fully saturated rings. The molecule has 0 spiro atoms. The molecule has 2 N–H and O–H groups in total. The molecule has 0 saturated heterocycles. The van der Waals surface area contributed by atoms with Crippen LogP contribution in [-0.4, -0.2) is 47.1 Å². The highest BCUT2D eigenvalue weighted by Gasteiger charge is 2.38. The first kappa shape index (κ1) is 17.1. The number of benzene rings is 1. The van der Waals surface area contributed by atoms with Crippen LogP contribution >= 0.6 is 0 Å². The first-order chi connectivity index (χ1) is 12.5. The van der Waals surface area contributed by atoms with Crippen molar-refractivity contribution in [2.75, 3.05) is 13.1 Å². The topological polar surface area (TPSA) is 82.8 Å². The number of carbonyl (C=O) groups excluding carboxylic acids is 1. The first-order valence-electron chi connectivity index (χ1n) is 9.25. The van der Waals surface area contributed by atoms with E-state index in [1.165, 1.54) is 12.8 Å². The molecule has 1 heterocycles. The summed E-state index contributed by atoms with van der Waals surface area (Å²) in [5.74, 6) is 0.00130. The largest absolute Gasteiger partial charge is 0.480 e. The summed E-state index contributed by atoms with van der Waals surface area (Å²) in [4.78, 5) is 25.6. The van der Waals surface area contributed by atoms with Crippen LogP contribution in [-0.2, 0) is 4.79 Å². The van der Waals surface area contributed by atoms with Gasteiger partial charge in [-0.1, -0.05) is 11.6 Å². The van der Waals surface area contributed by atoms with Crippen molar-refractivity contribution in [3.63, 3.8) is 0 Å². The molecule has 26 heavy (non-hydrogen) atoms. The van der Waals surface area contributed by atoms with E-state index >= 15 is 0 Å². The van der Waals surface area contributed by atoms with Crippen LogP contribution in [0, 0.1) is 12.8 Å². The number of aryl methyl sites for hydroxylation is 1. The number of hydrogen-bond acceptors (Lipinski definition) is 4. The number of carboxylic acid groups (broad SMARTS) is 1. The summed E-state index contributed by atoms with van der Waals surface area (Å²) < 4.78 is 5.64. The minimum Gasteiger partial charge on any atom is -0.480 e. The van der Waals surface area contributed by atoms with E-state index in [2.05, 4.69) is 10.2 Å². The van der Waals surface area contributed by atoms with E-state index in [1.807, 2.05) is 25.1 Å². The molecule has 2 aromatic rings. The second-order valence-corrected chi connectivity index (χ2v) is 7.71. The van der Waals surface area contributed by atoms with Crippen LogP contribution in [0.3, 0.4) is 0 Å². The molecule has 0 bridgehead atoms. The molecule has 0 radical (unpaired) electrons. The predicted octanol–water partition coefficient (Wildman–Crippen LogP) is 2.80. The van der Waals surface area contributed by atoms with Crippen molar-refractivity contribution in [2.45, 2.75) is 44.7 Å². The van der Waals surface area contributed by atoms with Crippen LogP contribution in [0.2, 0.25) is 0 Å². The van der Waals surface area contributed by atoms with Crippen LogP contribution in [0.5, 0.6) is 0 Å². The van der Waals surface area contributed by atoms with Gasteiger partial charge in [0.15, 0.2) is 5.76 Å². The van der Waals surface area contributed by atoms with Crippen molar-refractivity contribution in [3.8, 4) is 0 Å².